The summed E-state index contributed by atoms with van der Waals surface area (Å²) < 4.78 is 4.26. The molecule has 3 rings (SSSR count). The van der Waals surface area contributed by atoms with Crippen LogP contribution in [-0.2, 0) is 12.5 Å². The smallest absolute Gasteiger partial charge is 0.198 e. The molecule has 0 spiro atoms. The molecule has 1 aromatic carbocycles. The van der Waals surface area contributed by atoms with Gasteiger partial charge in [-0.15, -0.1) is 21.5 Å². The van der Waals surface area contributed by atoms with Crippen LogP contribution < -0.4 is 0 Å². The Balaban J connectivity index is 1.93. The maximum absolute atomic E-state index is 4.62. The van der Waals surface area contributed by atoms with Crippen molar-refractivity contribution in [3.8, 4) is 0 Å². The van der Waals surface area contributed by atoms with E-state index in [2.05, 4.69) is 46.6 Å². The van der Waals surface area contributed by atoms with Gasteiger partial charge in [0.2, 0.25) is 0 Å². The van der Waals surface area contributed by atoms with Crippen LogP contribution in [0.25, 0.3) is 10.2 Å². The zero-order valence-electron chi connectivity index (χ0n) is 11.9. The molecule has 0 amide bonds. The number of benzene rings is 1. The van der Waals surface area contributed by atoms with Crippen molar-refractivity contribution in [2.24, 2.45) is 7.05 Å². The SMILES string of the molecule is Cn1c(Sc2nc3ccccc3s2)nnc1C(C)(C)C. The van der Waals surface area contributed by atoms with Crippen LogP contribution in [0.3, 0.4) is 0 Å². The van der Waals surface area contributed by atoms with E-state index >= 15 is 0 Å². The van der Waals surface area contributed by atoms with E-state index in [1.807, 2.05) is 25.2 Å². The lowest BCUT2D eigenvalue weighted by atomic mass is 9.96. The predicted octanol–water partition coefficient (Wildman–Crippen LogP) is 3.87. The van der Waals surface area contributed by atoms with Crippen molar-refractivity contribution in [3.63, 3.8) is 0 Å². The zero-order chi connectivity index (χ0) is 14.3. The van der Waals surface area contributed by atoms with Crippen LogP contribution >= 0.6 is 23.1 Å². The van der Waals surface area contributed by atoms with Crippen LogP contribution in [-0.4, -0.2) is 19.7 Å². The molecule has 0 unspecified atom stereocenters. The lowest BCUT2D eigenvalue weighted by molar-refractivity contribution is 0.513. The molecular weight excluding hydrogens is 288 g/mol. The molecular formula is C14H16N4S2. The van der Waals surface area contributed by atoms with Gasteiger partial charge in [-0.2, -0.15) is 0 Å². The van der Waals surface area contributed by atoms with E-state index in [0.717, 1.165) is 20.8 Å². The number of hydrogen-bond donors (Lipinski definition) is 0. The normalized spacial score (nSPS) is 12.2. The number of para-hydroxylation sites is 1. The molecule has 104 valence electrons. The third-order valence-corrected chi connectivity index (χ3v) is 5.09. The largest absolute Gasteiger partial charge is 0.308 e. The molecule has 3 aromatic rings. The minimum Gasteiger partial charge on any atom is -0.308 e. The van der Waals surface area contributed by atoms with Crippen LogP contribution in [0, 0.1) is 0 Å². The van der Waals surface area contributed by atoms with Gasteiger partial charge in [-0.25, -0.2) is 4.98 Å². The predicted molar refractivity (Wildman–Crippen MR) is 83.4 cm³/mol. The number of rotatable bonds is 2. The highest BCUT2D eigenvalue weighted by Crippen LogP contribution is 2.34. The Labute approximate surface area is 126 Å². The first-order chi connectivity index (χ1) is 9.45. The summed E-state index contributed by atoms with van der Waals surface area (Å²) in [6, 6.07) is 8.17. The van der Waals surface area contributed by atoms with Gasteiger partial charge >= 0.3 is 0 Å². The van der Waals surface area contributed by atoms with Crippen LogP contribution in [0.5, 0.6) is 0 Å². The molecule has 0 N–H and O–H groups in total. The highest BCUT2D eigenvalue weighted by molar-refractivity contribution is 8.01. The molecule has 20 heavy (non-hydrogen) atoms. The van der Waals surface area contributed by atoms with Crippen molar-refractivity contribution in [1.82, 2.24) is 19.7 Å². The van der Waals surface area contributed by atoms with Gasteiger partial charge < -0.3 is 4.57 Å². The van der Waals surface area contributed by atoms with Gasteiger partial charge in [-0.1, -0.05) is 32.9 Å². The van der Waals surface area contributed by atoms with Gasteiger partial charge in [0, 0.05) is 12.5 Å². The van der Waals surface area contributed by atoms with Crippen LogP contribution in [0.15, 0.2) is 33.8 Å². The fourth-order valence-electron chi connectivity index (χ4n) is 2.03. The highest BCUT2D eigenvalue weighted by Gasteiger charge is 2.22. The minimum atomic E-state index is -0.00580. The van der Waals surface area contributed by atoms with E-state index in [1.165, 1.54) is 4.70 Å². The summed E-state index contributed by atoms with van der Waals surface area (Å²) in [5, 5.41) is 9.48. The van der Waals surface area contributed by atoms with Crippen LogP contribution in [0.2, 0.25) is 0 Å². The Morgan fingerprint density at radius 2 is 1.90 bits per heavy atom. The molecule has 2 heterocycles. The second-order valence-corrected chi connectivity index (χ2v) is 7.91. The Morgan fingerprint density at radius 1 is 1.15 bits per heavy atom. The van der Waals surface area contributed by atoms with Gasteiger partial charge in [0.1, 0.15) is 5.82 Å². The molecule has 0 aliphatic rings. The molecule has 0 aliphatic carbocycles. The van der Waals surface area contributed by atoms with E-state index in [0.29, 0.717) is 0 Å². The molecule has 0 atom stereocenters. The fraction of sp³-hybridized carbons (Fsp3) is 0.357. The number of aromatic nitrogens is 4. The monoisotopic (exact) mass is 304 g/mol. The second-order valence-electron chi connectivity index (χ2n) is 5.66. The standard InChI is InChI=1S/C14H16N4S2/c1-14(2,3)11-16-17-12(18(11)4)20-13-15-9-7-5-6-8-10(9)19-13/h5-8H,1-4H3. The minimum absolute atomic E-state index is 0.00580. The maximum atomic E-state index is 4.62. The van der Waals surface area contributed by atoms with Crippen molar-refractivity contribution < 1.29 is 0 Å². The number of nitrogens with zero attached hydrogens (tertiary/aromatic N) is 4. The number of hydrogen-bond acceptors (Lipinski definition) is 5. The van der Waals surface area contributed by atoms with Crippen molar-refractivity contribution in [2.75, 3.05) is 0 Å². The Bertz CT molecular complexity index is 719. The summed E-state index contributed by atoms with van der Waals surface area (Å²) in [4.78, 5) is 4.62. The molecule has 0 aliphatic heterocycles. The topological polar surface area (TPSA) is 43.6 Å². The average molecular weight is 304 g/mol. The van der Waals surface area contributed by atoms with Gasteiger partial charge in [0.15, 0.2) is 9.50 Å². The first-order valence-corrected chi connectivity index (χ1v) is 8.02. The molecule has 2 aromatic heterocycles. The Hall–Kier alpha value is -1.40. The van der Waals surface area contributed by atoms with Gasteiger partial charge in [0.25, 0.3) is 0 Å². The van der Waals surface area contributed by atoms with Crippen molar-refractivity contribution in [3.05, 3.63) is 30.1 Å². The molecule has 0 bridgehead atoms. The van der Waals surface area contributed by atoms with Gasteiger partial charge in [0.05, 0.1) is 10.2 Å². The Kier molecular flexibility index (Phi) is 3.30. The van der Waals surface area contributed by atoms with E-state index < -0.39 is 0 Å². The highest BCUT2D eigenvalue weighted by atomic mass is 32.2. The van der Waals surface area contributed by atoms with E-state index in [9.17, 15) is 0 Å². The van der Waals surface area contributed by atoms with E-state index in [-0.39, 0.29) is 5.41 Å². The van der Waals surface area contributed by atoms with E-state index in [1.54, 1.807) is 23.1 Å². The molecule has 4 nitrogen and oxygen atoms in total. The summed E-state index contributed by atoms with van der Waals surface area (Å²) in [6.45, 7) is 6.43. The summed E-state index contributed by atoms with van der Waals surface area (Å²) in [5.41, 5.74) is 1.03. The van der Waals surface area contributed by atoms with Gasteiger partial charge in [-0.05, 0) is 23.9 Å². The van der Waals surface area contributed by atoms with Crippen LogP contribution in [0.1, 0.15) is 26.6 Å². The molecule has 6 heteroatoms. The zero-order valence-corrected chi connectivity index (χ0v) is 13.5. The third kappa shape index (κ3) is 2.45. The number of fused-ring (bicyclic) bond motifs is 1. The van der Waals surface area contributed by atoms with Crippen LogP contribution in [0.4, 0.5) is 0 Å². The average Bonchev–Trinajstić information content (AvgIpc) is 2.93. The summed E-state index contributed by atoms with van der Waals surface area (Å²) >= 11 is 3.26. The van der Waals surface area contributed by atoms with Crippen molar-refractivity contribution >= 4 is 33.3 Å². The van der Waals surface area contributed by atoms with Crippen molar-refractivity contribution in [1.29, 1.82) is 0 Å². The fourth-order valence-corrected chi connectivity index (χ4v) is 3.99. The number of thiazole rings is 1. The third-order valence-electron chi connectivity index (χ3n) is 2.96. The Morgan fingerprint density at radius 3 is 2.55 bits per heavy atom. The quantitative estimate of drug-likeness (QED) is 0.721. The second kappa shape index (κ2) is 4.86. The lowest BCUT2D eigenvalue weighted by Crippen LogP contribution is -2.17. The van der Waals surface area contributed by atoms with Crippen molar-refractivity contribution in [2.45, 2.75) is 35.7 Å². The molecule has 0 radical (unpaired) electrons. The first kappa shape index (κ1) is 13.6. The molecule has 0 fully saturated rings. The van der Waals surface area contributed by atoms with Gasteiger partial charge in [-0.3, -0.25) is 0 Å². The van der Waals surface area contributed by atoms with E-state index in [4.69, 9.17) is 0 Å². The summed E-state index contributed by atoms with van der Waals surface area (Å²) in [5.74, 6) is 0.987. The summed E-state index contributed by atoms with van der Waals surface area (Å²) in [6.07, 6.45) is 0. The maximum Gasteiger partial charge on any atom is 0.198 e. The summed E-state index contributed by atoms with van der Waals surface area (Å²) in [7, 11) is 2.01. The molecule has 0 saturated carbocycles. The lowest BCUT2D eigenvalue weighted by Gasteiger charge is -2.16. The molecule has 0 saturated heterocycles. The first-order valence-electron chi connectivity index (χ1n) is 6.38.